The number of fused-ring (bicyclic) bond motifs is 5. The van der Waals surface area contributed by atoms with Gasteiger partial charge in [0.15, 0.2) is 6.10 Å². The lowest BCUT2D eigenvalue weighted by molar-refractivity contribution is -0.160. The molecular weight excluding hydrogens is 492 g/mol. The topological polar surface area (TPSA) is 35.5 Å². The molecule has 8 atom stereocenters. The van der Waals surface area contributed by atoms with Crippen LogP contribution in [0.3, 0.4) is 0 Å². The molecule has 0 bridgehead atoms. The first-order chi connectivity index (χ1) is 19.4. The third-order valence-electron chi connectivity index (χ3n) is 12.1. The molecule has 3 nitrogen and oxygen atoms in total. The maximum absolute atomic E-state index is 13.1. The van der Waals surface area contributed by atoms with Crippen molar-refractivity contribution in [2.45, 2.75) is 143 Å². The van der Waals surface area contributed by atoms with E-state index in [1.165, 1.54) is 77.0 Å². The van der Waals surface area contributed by atoms with Crippen LogP contribution in [-0.4, -0.2) is 18.2 Å². The van der Waals surface area contributed by atoms with Gasteiger partial charge in [-0.2, -0.15) is 0 Å². The van der Waals surface area contributed by atoms with Crippen molar-refractivity contribution in [1.82, 2.24) is 0 Å². The molecule has 0 radical (unpaired) electrons. The van der Waals surface area contributed by atoms with Crippen LogP contribution in [0.1, 0.15) is 130 Å². The first-order valence-corrected chi connectivity index (χ1v) is 17.0. The summed E-state index contributed by atoms with van der Waals surface area (Å²) in [6.07, 6.45) is 22.7. The number of carbonyl (C=O) groups is 1. The quantitative estimate of drug-likeness (QED) is 0.148. The highest BCUT2D eigenvalue weighted by Crippen LogP contribution is 2.66. The molecule has 3 heteroatoms. The van der Waals surface area contributed by atoms with Crippen molar-refractivity contribution in [2.24, 2.45) is 34.5 Å². The van der Waals surface area contributed by atoms with Gasteiger partial charge in [0.1, 0.15) is 11.9 Å². The van der Waals surface area contributed by atoms with E-state index in [4.69, 9.17) is 9.47 Å². The number of hydrogen-bond donors (Lipinski definition) is 0. The summed E-state index contributed by atoms with van der Waals surface area (Å²) in [4.78, 5) is 13.1. The van der Waals surface area contributed by atoms with Gasteiger partial charge in [-0.05, 0) is 104 Å². The Kier molecular flexibility index (Phi) is 9.68. The van der Waals surface area contributed by atoms with Crippen molar-refractivity contribution >= 4 is 5.97 Å². The van der Waals surface area contributed by atoms with E-state index in [1.54, 1.807) is 5.57 Å². The Hall–Kier alpha value is -1.77. The Labute approximate surface area is 244 Å². The number of esters is 1. The fourth-order valence-corrected chi connectivity index (χ4v) is 9.68. The van der Waals surface area contributed by atoms with E-state index in [0.29, 0.717) is 11.8 Å². The summed E-state index contributed by atoms with van der Waals surface area (Å²) in [5.41, 5.74) is 2.43. The summed E-state index contributed by atoms with van der Waals surface area (Å²) in [5.74, 6) is 4.04. The van der Waals surface area contributed by atoms with Gasteiger partial charge >= 0.3 is 5.97 Å². The van der Waals surface area contributed by atoms with Gasteiger partial charge in [0.25, 0.3) is 0 Å². The smallest absolute Gasteiger partial charge is 0.347 e. The highest BCUT2D eigenvalue weighted by atomic mass is 16.6. The van der Waals surface area contributed by atoms with Gasteiger partial charge in [0, 0.05) is 6.42 Å². The van der Waals surface area contributed by atoms with E-state index in [0.717, 1.165) is 48.7 Å². The molecule has 3 fully saturated rings. The van der Waals surface area contributed by atoms with Crippen LogP contribution in [0.4, 0.5) is 0 Å². The molecule has 0 saturated heterocycles. The lowest BCUT2D eigenvalue weighted by Crippen LogP contribution is -2.50. The predicted octanol–water partition coefficient (Wildman–Crippen LogP) is 10.1. The van der Waals surface area contributed by atoms with Crippen LogP contribution in [0.2, 0.25) is 0 Å². The number of para-hydroxylation sites is 1. The SMILES string of the molecule is CCCCCCCC[C@@H]1CC[C@@H]2[C@@H]3CC=C4C[C@@H](OC(=O)[C@H](CC)Oc5ccccc5)CC[C@]4(C)[C@H]3CC[C@]12C. The number of allylic oxidation sites excluding steroid dienone is 1. The van der Waals surface area contributed by atoms with Crippen molar-refractivity contribution in [3.63, 3.8) is 0 Å². The fraction of sp³-hybridized carbons (Fsp3) is 0.757. The van der Waals surface area contributed by atoms with E-state index < -0.39 is 6.10 Å². The summed E-state index contributed by atoms with van der Waals surface area (Å²) >= 11 is 0. The van der Waals surface area contributed by atoms with Crippen molar-refractivity contribution in [3.05, 3.63) is 42.0 Å². The monoisotopic (exact) mass is 548 g/mol. The van der Waals surface area contributed by atoms with Gasteiger partial charge in [0.05, 0.1) is 0 Å². The van der Waals surface area contributed by atoms with Crippen LogP contribution in [-0.2, 0) is 9.53 Å². The predicted molar refractivity (Wildman–Crippen MR) is 164 cm³/mol. The van der Waals surface area contributed by atoms with Gasteiger partial charge in [0.2, 0.25) is 0 Å². The molecule has 4 aliphatic rings. The molecule has 0 unspecified atom stereocenters. The largest absolute Gasteiger partial charge is 0.479 e. The van der Waals surface area contributed by atoms with E-state index >= 15 is 0 Å². The zero-order valence-electron chi connectivity index (χ0n) is 26.0. The van der Waals surface area contributed by atoms with Crippen LogP contribution < -0.4 is 4.74 Å². The van der Waals surface area contributed by atoms with Crippen molar-refractivity contribution in [1.29, 1.82) is 0 Å². The molecule has 3 saturated carbocycles. The Bertz CT molecular complexity index is 1000. The number of benzene rings is 1. The van der Waals surface area contributed by atoms with Crippen molar-refractivity contribution in [2.75, 3.05) is 0 Å². The van der Waals surface area contributed by atoms with Gasteiger partial charge in [-0.1, -0.05) is 96.1 Å². The average Bonchev–Trinajstić information content (AvgIpc) is 3.30. The Morgan fingerprint density at radius 3 is 2.48 bits per heavy atom. The van der Waals surface area contributed by atoms with Crippen molar-refractivity contribution in [3.8, 4) is 5.75 Å². The van der Waals surface area contributed by atoms with Gasteiger partial charge in [-0.15, -0.1) is 0 Å². The Morgan fingerprint density at radius 2 is 1.70 bits per heavy atom. The average molecular weight is 549 g/mol. The molecular formula is C37H56O3. The van der Waals surface area contributed by atoms with E-state index in [9.17, 15) is 4.79 Å². The van der Waals surface area contributed by atoms with E-state index in [2.05, 4.69) is 26.8 Å². The molecule has 40 heavy (non-hydrogen) atoms. The van der Waals surface area contributed by atoms with Gasteiger partial charge in [-0.3, -0.25) is 0 Å². The zero-order valence-corrected chi connectivity index (χ0v) is 26.0. The zero-order chi connectivity index (χ0) is 28.2. The molecule has 0 N–H and O–H groups in total. The van der Waals surface area contributed by atoms with Crippen LogP contribution in [0, 0.1) is 34.5 Å². The molecule has 0 heterocycles. The number of unbranched alkanes of at least 4 members (excludes halogenated alkanes) is 5. The molecule has 1 aromatic rings. The van der Waals surface area contributed by atoms with Crippen molar-refractivity contribution < 1.29 is 14.3 Å². The Morgan fingerprint density at radius 1 is 0.925 bits per heavy atom. The van der Waals surface area contributed by atoms with E-state index in [1.807, 2.05) is 37.3 Å². The normalized spacial score (nSPS) is 35.6. The maximum atomic E-state index is 13.1. The highest BCUT2D eigenvalue weighted by molar-refractivity contribution is 5.75. The maximum Gasteiger partial charge on any atom is 0.347 e. The first kappa shape index (κ1) is 29.7. The number of ether oxygens (including phenoxy) is 2. The second-order valence-corrected chi connectivity index (χ2v) is 14.3. The van der Waals surface area contributed by atoms with Gasteiger partial charge in [-0.25, -0.2) is 4.79 Å². The second-order valence-electron chi connectivity index (χ2n) is 14.3. The number of carbonyl (C=O) groups excluding carboxylic acids is 1. The second kappa shape index (κ2) is 13.0. The minimum absolute atomic E-state index is 0.0150. The Balaban J connectivity index is 1.17. The van der Waals surface area contributed by atoms with Crippen LogP contribution >= 0.6 is 0 Å². The lowest BCUT2D eigenvalue weighted by Gasteiger charge is -2.58. The summed E-state index contributed by atoms with van der Waals surface area (Å²) in [5, 5.41) is 0. The highest BCUT2D eigenvalue weighted by Gasteiger charge is 2.58. The van der Waals surface area contributed by atoms with Crippen LogP contribution in [0.25, 0.3) is 0 Å². The molecule has 5 rings (SSSR count). The molecule has 0 amide bonds. The lowest BCUT2D eigenvalue weighted by atomic mass is 9.47. The molecule has 222 valence electrons. The molecule has 0 spiro atoms. The number of rotatable bonds is 12. The third kappa shape index (κ3) is 6.05. The first-order valence-electron chi connectivity index (χ1n) is 17.0. The molecule has 0 aliphatic heterocycles. The molecule has 1 aromatic carbocycles. The summed E-state index contributed by atoms with van der Waals surface area (Å²) in [6, 6.07) is 9.64. The molecule has 0 aromatic heterocycles. The summed E-state index contributed by atoms with van der Waals surface area (Å²) in [6.45, 7) is 9.55. The fourth-order valence-electron chi connectivity index (χ4n) is 9.68. The minimum Gasteiger partial charge on any atom is -0.479 e. The van der Waals surface area contributed by atoms with Crippen LogP contribution in [0.15, 0.2) is 42.0 Å². The summed E-state index contributed by atoms with van der Waals surface area (Å²) < 4.78 is 12.1. The minimum atomic E-state index is -0.539. The number of hydrogen-bond acceptors (Lipinski definition) is 3. The third-order valence-corrected chi connectivity index (χ3v) is 12.1. The van der Waals surface area contributed by atoms with Crippen LogP contribution in [0.5, 0.6) is 5.75 Å². The summed E-state index contributed by atoms with van der Waals surface area (Å²) in [7, 11) is 0. The standard InChI is InChI=1S/C37H56O3/c1-5-7-8-9-10-12-15-27-19-21-32-31-20-18-28-26-30(22-24-37(28,4)33(31)23-25-36(27,32)3)40-35(38)34(6-2)39-29-16-13-11-14-17-29/h11,13-14,16-18,27,30-34H,5-10,12,15,19-26H2,1-4H3/t27-,30+,31+,32-,33+,34+,36-,37+/m1/s1. The molecule has 4 aliphatic carbocycles. The van der Waals surface area contributed by atoms with E-state index in [-0.39, 0.29) is 17.5 Å². The van der Waals surface area contributed by atoms with Gasteiger partial charge < -0.3 is 9.47 Å².